The Kier molecular flexibility index (Phi) is 6.93. The van der Waals surface area contributed by atoms with Gasteiger partial charge in [-0.3, -0.25) is 4.79 Å². The van der Waals surface area contributed by atoms with Crippen molar-refractivity contribution in [2.45, 2.75) is 19.9 Å². The normalized spacial score (nSPS) is 10.4. The Morgan fingerprint density at radius 2 is 2.00 bits per heavy atom. The van der Waals surface area contributed by atoms with E-state index in [4.69, 9.17) is 9.47 Å². The second kappa shape index (κ2) is 9.23. The number of carbonyl (C=O) groups is 1. The van der Waals surface area contributed by atoms with Crippen molar-refractivity contribution < 1.29 is 14.3 Å². The van der Waals surface area contributed by atoms with E-state index in [2.05, 4.69) is 17.4 Å². The molecule has 0 fully saturated rings. The van der Waals surface area contributed by atoms with E-state index in [1.807, 2.05) is 30.3 Å². The number of carbonyl (C=O) groups excluding carboxylic acids is 1. The molecule has 0 aliphatic heterocycles. The Bertz CT molecular complexity index is 568. The summed E-state index contributed by atoms with van der Waals surface area (Å²) in [5.74, 6) is -0.224. The summed E-state index contributed by atoms with van der Waals surface area (Å²) in [6.07, 6.45) is 0.898. The van der Waals surface area contributed by atoms with Gasteiger partial charge in [0.15, 0.2) is 5.06 Å². The van der Waals surface area contributed by atoms with Crippen LogP contribution in [0.2, 0.25) is 0 Å². The van der Waals surface area contributed by atoms with Crippen LogP contribution in [-0.2, 0) is 22.5 Å². The number of ether oxygens (including phenoxy) is 2. The second-order valence-corrected chi connectivity index (χ2v) is 5.84. The molecular weight excluding hydrogens is 298 g/mol. The Morgan fingerprint density at radius 3 is 2.77 bits per heavy atom. The summed E-state index contributed by atoms with van der Waals surface area (Å²) in [6, 6.07) is 14.3. The lowest BCUT2D eigenvalue weighted by atomic mass is 10.2. The maximum absolute atomic E-state index is 11.2. The third-order valence-corrected chi connectivity index (χ3v) is 3.99. The molecule has 2 rings (SSSR count). The van der Waals surface area contributed by atoms with Gasteiger partial charge < -0.3 is 14.8 Å². The highest BCUT2D eigenvalue weighted by Crippen LogP contribution is 2.24. The number of thiophene rings is 1. The lowest BCUT2D eigenvalue weighted by Gasteiger charge is -2.04. The topological polar surface area (TPSA) is 47.6 Å². The summed E-state index contributed by atoms with van der Waals surface area (Å²) >= 11 is 1.60. The van der Waals surface area contributed by atoms with Gasteiger partial charge in [0.1, 0.15) is 0 Å². The minimum atomic E-state index is -0.224. The quantitative estimate of drug-likeness (QED) is 0.722. The van der Waals surface area contributed by atoms with Crippen LogP contribution in [0.3, 0.4) is 0 Å². The van der Waals surface area contributed by atoms with Gasteiger partial charge in [-0.05, 0) is 24.6 Å². The Morgan fingerprint density at radius 1 is 1.18 bits per heavy atom. The SMILES string of the molecule is CCOC(=O)CNCc1ccc(OCCc2ccccc2)s1. The van der Waals surface area contributed by atoms with Gasteiger partial charge in [-0.2, -0.15) is 0 Å². The molecular formula is C17H21NO3S. The molecule has 0 unspecified atom stereocenters. The average Bonchev–Trinajstić information content (AvgIpc) is 2.96. The van der Waals surface area contributed by atoms with Gasteiger partial charge in [-0.15, -0.1) is 11.3 Å². The van der Waals surface area contributed by atoms with Crippen LogP contribution in [0.15, 0.2) is 42.5 Å². The van der Waals surface area contributed by atoms with Gasteiger partial charge in [0.05, 0.1) is 19.8 Å². The van der Waals surface area contributed by atoms with Gasteiger partial charge >= 0.3 is 5.97 Å². The predicted molar refractivity (Wildman–Crippen MR) is 88.3 cm³/mol. The van der Waals surface area contributed by atoms with Crippen LogP contribution in [0.1, 0.15) is 17.4 Å². The number of nitrogens with one attached hydrogen (secondary N) is 1. The third-order valence-electron chi connectivity index (χ3n) is 2.99. The van der Waals surface area contributed by atoms with Crippen molar-refractivity contribution in [1.82, 2.24) is 5.32 Å². The monoisotopic (exact) mass is 319 g/mol. The van der Waals surface area contributed by atoms with Crippen LogP contribution in [0, 0.1) is 0 Å². The molecule has 0 atom stereocenters. The Balaban J connectivity index is 1.67. The first-order valence-electron chi connectivity index (χ1n) is 7.39. The molecule has 0 amide bonds. The van der Waals surface area contributed by atoms with E-state index < -0.39 is 0 Å². The van der Waals surface area contributed by atoms with Crippen LogP contribution in [0.25, 0.3) is 0 Å². The van der Waals surface area contributed by atoms with Crippen LogP contribution < -0.4 is 10.1 Å². The zero-order chi connectivity index (χ0) is 15.6. The van der Waals surface area contributed by atoms with E-state index >= 15 is 0 Å². The van der Waals surface area contributed by atoms with Crippen molar-refractivity contribution in [3.8, 4) is 5.06 Å². The van der Waals surface area contributed by atoms with Crippen LogP contribution >= 0.6 is 11.3 Å². The largest absolute Gasteiger partial charge is 0.484 e. The predicted octanol–water partition coefficient (Wildman–Crippen LogP) is 3.02. The first-order valence-corrected chi connectivity index (χ1v) is 8.21. The number of hydrogen-bond acceptors (Lipinski definition) is 5. The van der Waals surface area contributed by atoms with E-state index in [0.717, 1.165) is 16.4 Å². The molecule has 1 aromatic carbocycles. The molecule has 0 saturated carbocycles. The first-order chi connectivity index (χ1) is 10.8. The molecule has 0 saturated heterocycles. The highest BCUT2D eigenvalue weighted by molar-refractivity contribution is 7.13. The first kappa shape index (κ1) is 16.5. The van der Waals surface area contributed by atoms with E-state index in [1.165, 1.54) is 5.56 Å². The van der Waals surface area contributed by atoms with Crippen molar-refractivity contribution >= 4 is 17.3 Å². The smallest absolute Gasteiger partial charge is 0.319 e. The lowest BCUT2D eigenvalue weighted by molar-refractivity contribution is -0.142. The van der Waals surface area contributed by atoms with E-state index in [-0.39, 0.29) is 12.5 Å². The molecule has 0 radical (unpaired) electrons. The molecule has 1 heterocycles. The molecule has 5 heteroatoms. The minimum Gasteiger partial charge on any atom is -0.484 e. The van der Waals surface area contributed by atoms with Gasteiger partial charge in [0, 0.05) is 17.8 Å². The molecule has 0 aliphatic rings. The van der Waals surface area contributed by atoms with E-state index in [9.17, 15) is 4.79 Å². The summed E-state index contributed by atoms with van der Waals surface area (Å²) in [6.45, 7) is 3.76. The fourth-order valence-corrected chi connectivity index (χ4v) is 2.79. The molecule has 0 spiro atoms. The second-order valence-electron chi connectivity index (χ2n) is 4.71. The van der Waals surface area contributed by atoms with Crippen LogP contribution in [-0.4, -0.2) is 25.7 Å². The van der Waals surface area contributed by atoms with Gasteiger partial charge in [-0.1, -0.05) is 30.3 Å². The van der Waals surface area contributed by atoms with Crippen molar-refractivity contribution in [3.05, 3.63) is 52.9 Å². The molecule has 0 bridgehead atoms. The van der Waals surface area contributed by atoms with Crippen molar-refractivity contribution in [1.29, 1.82) is 0 Å². The minimum absolute atomic E-state index is 0.224. The van der Waals surface area contributed by atoms with Gasteiger partial charge in [0.25, 0.3) is 0 Å². The highest BCUT2D eigenvalue weighted by atomic mass is 32.1. The van der Waals surface area contributed by atoms with Crippen molar-refractivity contribution in [2.75, 3.05) is 19.8 Å². The highest BCUT2D eigenvalue weighted by Gasteiger charge is 2.04. The number of esters is 1. The number of rotatable bonds is 9. The van der Waals surface area contributed by atoms with Crippen LogP contribution in [0.4, 0.5) is 0 Å². The summed E-state index contributed by atoms with van der Waals surface area (Å²) in [7, 11) is 0. The summed E-state index contributed by atoms with van der Waals surface area (Å²) < 4.78 is 10.6. The zero-order valence-corrected chi connectivity index (χ0v) is 13.5. The molecule has 118 valence electrons. The standard InChI is InChI=1S/C17H21NO3S/c1-2-20-16(19)13-18-12-15-8-9-17(22-15)21-11-10-14-6-4-3-5-7-14/h3-9,18H,2,10-13H2,1H3. The lowest BCUT2D eigenvalue weighted by Crippen LogP contribution is -2.23. The summed E-state index contributed by atoms with van der Waals surface area (Å²) in [5, 5.41) is 3.97. The van der Waals surface area contributed by atoms with Crippen molar-refractivity contribution in [3.63, 3.8) is 0 Å². The zero-order valence-electron chi connectivity index (χ0n) is 12.7. The van der Waals surface area contributed by atoms with E-state index in [0.29, 0.717) is 19.8 Å². The third kappa shape index (κ3) is 5.87. The van der Waals surface area contributed by atoms with Gasteiger partial charge in [0.2, 0.25) is 0 Å². The fraction of sp³-hybridized carbons (Fsp3) is 0.353. The molecule has 4 nitrogen and oxygen atoms in total. The fourth-order valence-electron chi connectivity index (χ4n) is 1.94. The van der Waals surface area contributed by atoms with Crippen LogP contribution in [0.5, 0.6) is 5.06 Å². The summed E-state index contributed by atoms with van der Waals surface area (Å²) in [5.41, 5.74) is 1.27. The maximum atomic E-state index is 11.2. The summed E-state index contributed by atoms with van der Waals surface area (Å²) in [4.78, 5) is 12.3. The van der Waals surface area contributed by atoms with Crippen molar-refractivity contribution in [2.24, 2.45) is 0 Å². The van der Waals surface area contributed by atoms with Gasteiger partial charge in [-0.25, -0.2) is 0 Å². The molecule has 1 aromatic heterocycles. The molecule has 1 N–H and O–H groups in total. The number of hydrogen-bond donors (Lipinski definition) is 1. The Hall–Kier alpha value is -1.85. The average molecular weight is 319 g/mol. The maximum Gasteiger partial charge on any atom is 0.319 e. The van der Waals surface area contributed by atoms with E-state index in [1.54, 1.807) is 18.3 Å². The molecule has 0 aliphatic carbocycles. The number of benzene rings is 1. The molecule has 2 aromatic rings. The Labute approximate surface area is 135 Å². The molecule has 22 heavy (non-hydrogen) atoms.